The maximum Gasteiger partial charge on any atom is 0.304 e. The average molecular weight is 1340 g/mol. The summed E-state index contributed by atoms with van der Waals surface area (Å²) in [4.78, 5) is 166. The van der Waals surface area contributed by atoms with E-state index in [2.05, 4.69) is 47.5 Å². The summed E-state index contributed by atoms with van der Waals surface area (Å²) < 4.78 is 21.1. The van der Waals surface area contributed by atoms with Gasteiger partial charge in [-0.05, 0) is 49.7 Å². The number of nitrogens with one attached hydrogen (secondary N) is 9. The first kappa shape index (κ1) is 77.2. The number of hydrogen-bond donors (Lipinski definition) is 15. The molecule has 30 nitrogen and oxygen atoms in total. The predicted octanol–water partition coefficient (Wildman–Crippen LogP) is -1.91. The molecule has 0 spiro atoms. The van der Waals surface area contributed by atoms with Crippen LogP contribution in [0.2, 0.25) is 0 Å². The number of carboxylic acids is 1. The Morgan fingerprint density at radius 3 is 2.21 bits per heavy atom. The average Bonchev–Trinajstić information content (AvgIpc) is 1.61. The molecule has 2 unspecified atom stereocenters. The third-order valence-electron chi connectivity index (χ3n) is 17.0. The van der Waals surface area contributed by atoms with E-state index in [1.807, 2.05) is 13.8 Å². The van der Waals surface area contributed by atoms with Crippen molar-refractivity contribution in [1.29, 1.82) is 0 Å². The van der Waals surface area contributed by atoms with Crippen LogP contribution in [0.15, 0.2) is 17.2 Å². The Balaban J connectivity index is 1.75. The zero-order chi connectivity index (χ0) is 68.7. The van der Waals surface area contributed by atoms with Gasteiger partial charge in [0.25, 0.3) is 0 Å². The zero-order valence-corrected chi connectivity index (χ0v) is 55.2. The lowest BCUT2D eigenvalue weighted by molar-refractivity contribution is -0.148. The molecule has 2 aliphatic rings. The third kappa shape index (κ3) is 21.4. The fraction of sp³-hybridized carbons (Fsp3) is 0.667. The molecule has 11 amide bonds. The number of aliphatic hydroxyl groups is 3. The number of H-pyrrole nitrogens is 1. The number of ether oxygens (including phenoxy) is 1. The van der Waals surface area contributed by atoms with Gasteiger partial charge in [0.2, 0.25) is 70.0 Å². The number of rotatable bonds is 32. The molecule has 4 rings (SSSR count). The van der Waals surface area contributed by atoms with Crippen LogP contribution in [0.25, 0.3) is 10.9 Å². The van der Waals surface area contributed by atoms with Crippen LogP contribution >= 0.6 is 11.8 Å². The van der Waals surface area contributed by atoms with Crippen LogP contribution in [0, 0.1) is 23.2 Å². The predicted molar refractivity (Wildman–Crippen MR) is 339 cm³/mol. The molecule has 32 heteroatoms. The van der Waals surface area contributed by atoms with E-state index in [1.165, 1.54) is 25.8 Å². The summed E-state index contributed by atoms with van der Waals surface area (Å²) in [5, 5.41) is 62.2. The number of thioether (sulfide) groups is 1. The number of primary amides is 2. The van der Waals surface area contributed by atoms with E-state index < -0.39 is 181 Å². The van der Waals surface area contributed by atoms with E-state index in [0.29, 0.717) is 66.6 Å². The summed E-state index contributed by atoms with van der Waals surface area (Å²) >= 11 is -1.10. The first-order valence-electron chi connectivity index (χ1n) is 31.0. The summed E-state index contributed by atoms with van der Waals surface area (Å²) in [6.07, 6.45) is -2.47. The van der Waals surface area contributed by atoms with Crippen molar-refractivity contribution >= 4 is 105 Å². The minimum atomic E-state index is -2.47. The Labute approximate surface area is 542 Å². The van der Waals surface area contributed by atoms with Crippen LogP contribution in [0.1, 0.15) is 130 Å². The molecule has 3 heterocycles. The third-order valence-corrected chi connectivity index (χ3v) is 19.5. The number of benzene rings is 1. The molecular formula is C60H94N12O18S2. The number of carbonyl (C=O) groups is 12. The second-order valence-electron chi connectivity index (χ2n) is 23.7. The number of nitrogens with two attached hydrogens (primary N) is 2. The SMILES string of the molecule is CCC(=O)N[C@H](C(=O)NCC(=O)N[C@H]1C[S+]([O-])c2[nH]c3c(CSCCNC(=O)CCCCCNC(=O)C(CC)(CC(=O)O)C(C)C)c(OC)ccc3c2C[C@@H](C(N)=O)NC(=O)[C@H]([C@@H](C)[C@@H](O)CO)NC(=O)[C@@H]2C[C@@H](O)CN2C(=O)[C@H](CCC(N)=O)NC1=O)[C@@H](C)CC. The number of unbranched alkanes of at least 4 members (excludes halogenated alkanes) is 2. The number of carboxylic acid groups (broad SMARTS) is 1. The molecule has 12 atom stereocenters. The van der Waals surface area contributed by atoms with E-state index >= 15 is 4.55 Å². The first-order chi connectivity index (χ1) is 43.5. The number of fused-ring (bicyclic) bond motifs is 4. The van der Waals surface area contributed by atoms with Crippen molar-refractivity contribution in [2.24, 2.45) is 34.6 Å². The molecule has 0 saturated carbocycles. The van der Waals surface area contributed by atoms with Crippen LogP contribution in [-0.4, -0.2) is 206 Å². The van der Waals surface area contributed by atoms with Crippen LogP contribution in [-0.2, 0) is 80.9 Å². The topological polar surface area (TPSA) is 485 Å². The molecule has 1 aromatic carbocycles. The number of aliphatic carboxylic acids is 1. The highest BCUT2D eigenvalue weighted by atomic mass is 32.2. The second-order valence-corrected chi connectivity index (χ2v) is 26.2. The van der Waals surface area contributed by atoms with Crippen LogP contribution in [0.4, 0.5) is 0 Å². The van der Waals surface area contributed by atoms with Crippen molar-refractivity contribution in [3.05, 3.63) is 23.3 Å². The van der Waals surface area contributed by atoms with E-state index in [4.69, 9.17) is 16.2 Å². The van der Waals surface area contributed by atoms with Gasteiger partial charge in [0.1, 0.15) is 41.7 Å². The molecule has 2 aliphatic heterocycles. The van der Waals surface area contributed by atoms with Crippen LogP contribution in [0.3, 0.4) is 0 Å². The van der Waals surface area contributed by atoms with Gasteiger partial charge < -0.3 is 93.6 Å². The minimum absolute atomic E-state index is 0.0560. The Bertz CT molecular complexity index is 2950. The Morgan fingerprint density at radius 1 is 0.891 bits per heavy atom. The lowest BCUT2D eigenvalue weighted by atomic mass is 9.71. The maximum absolute atomic E-state index is 15.3. The molecule has 2 aromatic rings. The number of methoxy groups -OCH3 is 1. The van der Waals surface area contributed by atoms with Gasteiger partial charge in [-0.2, -0.15) is 11.8 Å². The molecule has 92 heavy (non-hydrogen) atoms. The summed E-state index contributed by atoms with van der Waals surface area (Å²) in [5.41, 5.74) is 11.3. The summed E-state index contributed by atoms with van der Waals surface area (Å²) in [6, 6.07) is -6.51. The quantitative estimate of drug-likeness (QED) is 0.0281. The lowest BCUT2D eigenvalue weighted by Crippen LogP contribution is -2.61. The summed E-state index contributed by atoms with van der Waals surface area (Å²) in [7, 11) is 1.41. The van der Waals surface area contributed by atoms with E-state index in [9.17, 15) is 78.0 Å². The standard InChI is InChI=1S/C60H94N12O18S2/c1-9-32(6)49(69-45(77)10-2)55(85)65-26-47(79)66-40-30-92(89)57-36(35-16-18-43(90-8)37(51(35)71-57)29-91-22-21-63-46(78)15-13-12-14-20-64-59(88)60(11-3,31(4)5)25-48(80)81)24-39(52(62)82)68-56(86)50(33(7)42(75)28-73)70-54(84)41-23-34(74)27-72(41)58(87)38(67-53(40)83)17-19-44(61)76/h16,18,31-34,38-42,49-50,71,73-75H,9-15,17,19-30H2,1-8H3,(H2,61,76)(H2,62,82)(H,63,78)(H,64,88)(H,65,85)(H,66,79)(H,67,83)(H,68,86)(H,69,77)(H,70,84)(H,80,81)/t32-,33-,34+,38-,39-,40-,41-,42-,49-,50-,60?,92?/m0/s1. The molecule has 0 radical (unpaired) electrons. The van der Waals surface area contributed by atoms with Crippen molar-refractivity contribution in [2.45, 2.75) is 185 Å². The van der Waals surface area contributed by atoms with Gasteiger partial charge in [0.05, 0.1) is 49.8 Å². The van der Waals surface area contributed by atoms with Crippen LogP contribution in [0.5, 0.6) is 5.75 Å². The van der Waals surface area contributed by atoms with Crippen molar-refractivity contribution in [3.63, 3.8) is 0 Å². The molecule has 1 fully saturated rings. The van der Waals surface area contributed by atoms with Crippen molar-refractivity contribution < 1.29 is 87.3 Å². The Hall–Kier alpha value is -7.26. The van der Waals surface area contributed by atoms with Crippen molar-refractivity contribution in [2.75, 3.05) is 51.4 Å². The highest BCUT2D eigenvalue weighted by Gasteiger charge is 2.46. The number of aromatic amines is 1. The number of aromatic nitrogens is 1. The molecule has 514 valence electrons. The second kappa shape index (κ2) is 36.8. The largest absolute Gasteiger partial charge is 0.610 e. The Morgan fingerprint density at radius 2 is 1.60 bits per heavy atom. The van der Waals surface area contributed by atoms with Crippen molar-refractivity contribution in [1.82, 2.24) is 52.4 Å². The molecule has 0 bridgehead atoms. The van der Waals surface area contributed by atoms with Gasteiger partial charge in [-0.25, -0.2) is 0 Å². The van der Waals surface area contributed by atoms with E-state index in [-0.39, 0.29) is 65.8 Å². The maximum atomic E-state index is 15.3. The van der Waals surface area contributed by atoms with Gasteiger partial charge in [-0.3, -0.25) is 57.5 Å². The minimum Gasteiger partial charge on any atom is -0.610 e. The molecule has 0 aliphatic carbocycles. The highest BCUT2D eigenvalue weighted by Crippen LogP contribution is 2.38. The molecule has 17 N–H and O–H groups in total. The summed E-state index contributed by atoms with van der Waals surface area (Å²) in [5.74, 6) is -12.0. The number of amides is 11. The number of hydrogen-bond acceptors (Lipinski definition) is 18. The fourth-order valence-corrected chi connectivity index (χ4v) is 13.3. The van der Waals surface area contributed by atoms with Crippen molar-refractivity contribution in [3.8, 4) is 5.75 Å². The highest BCUT2D eigenvalue weighted by molar-refractivity contribution is 7.98. The van der Waals surface area contributed by atoms with Gasteiger partial charge in [0.15, 0.2) is 6.04 Å². The normalized spacial score (nSPS) is 21.9. The number of carbonyl (C=O) groups excluding carboxylic acids is 11. The van der Waals surface area contributed by atoms with E-state index in [0.717, 1.165) is 4.90 Å². The first-order valence-corrected chi connectivity index (χ1v) is 33.5. The fourth-order valence-electron chi connectivity index (χ4n) is 11.1. The summed E-state index contributed by atoms with van der Waals surface area (Å²) in [6.45, 7) is 10.2. The van der Waals surface area contributed by atoms with Gasteiger partial charge >= 0.3 is 5.97 Å². The smallest absolute Gasteiger partial charge is 0.304 e. The van der Waals surface area contributed by atoms with Gasteiger partial charge in [-0.15, -0.1) is 0 Å². The molecule has 1 saturated heterocycles. The number of nitrogens with zero attached hydrogens (tertiary/aromatic N) is 1. The van der Waals surface area contributed by atoms with Gasteiger partial charge in [0, 0.05) is 96.9 Å². The zero-order valence-electron chi connectivity index (χ0n) is 53.6. The van der Waals surface area contributed by atoms with Crippen LogP contribution < -0.4 is 58.7 Å². The molecular weight excluding hydrogens is 1240 g/mol. The van der Waals surface area contributed by atoms with E-state index in [1.54, 1.807) is 39.8 Å². The lowest BCUT2D eigenvalue weighted by Gasteiger charge is -2.34. The Kier molecular flexibility index (Phi) is 30.9. The van der Waals surface area contributed by atoms with Gasteiger partial charge in [-0.1, -0.05) is 61.3 Å². The molecule has 1 aromatic heterocycles. The monoisotopic (exact) mass is 1330 g/mol. The number of aliphatic hydroxyl groups excluding tert-OH is 3.